The van der Waals surface area contributed by atoms with Crippen molar-refractivity contribution in [3.8, 4) is 11.6 Å². The molecule has 0 unspecified atom stereocenters. The molecule has 0 N–H and O–H groups in total. The average molecular weight is 398 g/mol. The molecule has 0 saturated carbocycles. The Morgan fingerprint density at radius 2 is 1.77 bits per heavy atom. The summed E-state index contributed by atoms with van der Waals surface area (Å²) in [6, 6.07) is 21.3. The van der Waals surface area contributed by atoms with Crippen molar-refractivity contribution >= 4 is 28.0 Å². The van der Waals surface area contributed by atoms with Crippen LogP contribution in [0.2, 0.25) is 0 Å². The van der Waals surface area contributed by atoms with Gasteiger partial charge in [0.2, 0.25) is 5.82 Å². The van der Waals surface area contributed by atoms with E-state index in [9.17, 15) is 10.1 Å². The van der Waals surface area contributed by atoms with E-state index >= 15 is 0 Å². The Balaban J connectivity index is 1.58. The summed E-state index contributed by atoms with van der Waals surface area (Å²) in [5.41, 5.74) is 1.85. The van der Waals surface area contributed by atoms with E-state index in [1.54, 1.807) is 6.07 Å². The summed E-state index contributed by atoms with van der Waals surface area (Å²) < 4.78 is 5.88. The summed E-state index contributed by atoms with van der Waals surface area (Å²) in [5, 5.41) is 14.1. The number of fused-ring (bicyclic) bond motifs is 2. The van der Waals surface area contributed by atoms with E-state index in [0.29, 0.717) is 12.3 Å². The van der Waals surface area contributed by atoms with Crippen molar-refractivity contribution in [2.75, 3.05) is 11.4 Å². The molecule has 0 atom stereocenters. The third-order valence-corrected chi connectivity index (χ3v) is 5.25. The van der Waals surface area contributed by atoms with Gasteiger partial charge in [-0.25, -0.2) is 4.98 Å². The Hall–Kier alpha value is -4.00. The highest BCUT2D eigenvalue weighted by Crippen LogP contribution is 2.41. The minimum Gasteiger partial charge on any atom is -0.434 e. The highest BCUT2D eigenvalue weighted by molar-refractivity contribution is 5.84. The zero-order valence-electron chi connectivity index (χ0n) is 16.1. The van der Waals surface area contributed by atoms with Gasteiger partial charge in [0.25, 0.3) is 0 Å². The van der Waals surface area contributed by atoms with E-state index in [-0.39, 0.29) is 17.4 Å². The number of aryl methyl sites for hydroxylation is 1. The number of rotatable bonds is 4. The van der Waals surface area contributed by atoms with Gasteiger partial charge in [0.05, 0.1) is 4.92 Å². The number of para-hydroxylation sites is 1. The molecule has 1 aliphatic heterocycles. The van der Waals surface area contributed by atoms with Gasteiger partial charge in [-0.05, 0) is 47.4 Å². The number of aromatic nitrogens is 2. The SMILES string of the molecule is O=[N+]([O-])c1c(Oc2ccc3ccccc3c2)ncnc1N1CCCc2ccccc21. The first kappa shape index (κ1) is 18.1. The standard InChI is InChI=1S/C23H18N4O3/c28-27(29)21-22(26-13-5-9-17-7-3-4-10-20(17)26)24-15-25-23(21)30-19-12-11-16-6-1-2-8-18(16)14-19/h1-4,6-8,10-12,14-15H,5,9,13H2. The van der Waals surface area contributed by atoms with Gasteiger partial charge >= 0.3 is 11.6 Å². The molecular weight excluding hydrogens is 380 g/mol. The minimum absolute atomic E-state index is 0.0664. The quantitative estimate of drug-likeness (QED) is 0.337. The number of hydrogen-bond acceptors (Lipinski definition) is 6. The van der Waals surface area contributed by atoms with E-state index < -0.39 is 4.92 Å². The first-order chi connectivity index (χ1) is 14.7. The van der Waals surface area contributed by atoms with E-state index in [4.69, 9.17) is 4.74 Å². The predicted octanol–water partition coefficient (Wildman–Crippen LogP) is 5.41. The third kappa shape index (κ3) is 3.20. The van der Waals surface area contributed by atoms with Crippen molar-refractivity contribution in [2.24, 2.45) is 0 Å². The number of anilines is 2. The normalized spacial score (nSPS) is 13.1. The number of benzene rings is 3. The summed E-state index contributed by atoms with van der Waals surface area (Å²) >= 11 is 0. The first-order valence-corrected chi connectivity index (χ1v) is 9.72. The lowest BCUT2D eigenvalue weighted by Crippen LogP contribution is -2.26. The monoisotopic (exact) mass is 398 g/mol. The second-order valence-corrected chi connectivity index (χ2v) is 7.10. The van der Waals surface area contributed by atoms with E-state index in [2.05, 4.69) is 9.97 Å². The van der Waals surface area contributed by atoms with Crippen LogP contribution in [0, 0.1) is 10.1 Å². The Kier molecular flexibility index (Phi) is 4.48. The molecule has 0 fully saturated rings. The zero-order chi connectivity index (χ0) is 20.5. The Bertz CT molecular complexity index is 1260. The Morgan fingerprint density at radius 1 is 0.967 bits per heavy atom. The lowest BCUT2D eigenvalue weighted by molar-refractivity contribution is -0.385. The van der Waals surface area contributed by atoms with Gasteiger partial charge in [-0.3, -0.25) is 10.1 Å². The molecule has 0 saturated heterocycles. The van der Waals surface area contributed by atoms with Crippen molar-refractivity contribution < 1.29 is 9.66 Å². The van der Waals surface area contributed by atoms with Crippen LogP contribution in [0.3, 0.4) is 0 Å². The van der Waals surface area contributed by atoms with Crippen LogP contribution >= 0.6 is 0 Å². The largest absolute Gasteiger partial charge is 0.434 e. The van der Waals surface area contributed by atoms with Gasteiger partial charge < -0.3 is 9.64 Å². The lowest BCUT2D eigenvalue weighted by atomic mass is 10.0. The highest BCUT2D eigenvalue weighted by Gasteiger charge is 2.31. The molecule has 1 aromatic heterocycles. The molecule has 30 heavy (non-hydrogen) atoms. The molecule has 2 heterocycles. The molecule has 7 heteroatoms. The maximum absolute atomic E-state index is 12.0. The van der Waals surface area contributed by atoms with Crippen molar-refractivity contribution in [1.29, 1.82) is 0 Å². The zero-order valence-corrected chi connectivity index (χ0v) is 16.1. The van der Waals surface area contributed by atoms with Gasteiger partial charge in [-0.1, -0.05) is 48.5 Å². The van der Waals surface area contributed by atoms with Crippen LogP contribution in [-0.2, 0) is 6.42 Å². The second-order valence-electron chi connectivity index (χ2n) is 7.10. The molecule has 0 radical (unpaired) electrons. The molecule has 148 valence electrons. The Morgan fingerprint density at radius 3 is 2.63 bits per heavy atom. The maximum Gasteiger partial charge on any atom is 0.373 e. The van der Waals surface area contributed by atoms with Gasteiger partial charge in [-0.15, -0.1) is 0 Å². The minimum atomic E-state index is -0.469. The molecule has 0 bridgehead atoms. The molecular formula is C23H18N4O3. The van der Waals surface area contributed by atoms with Crippen LogP contribution in [0.15, 0.2) is 73.1 Å². The number of nitro groups is 1. The topological polar surface area (TPSA) is 81.4 Å². The van der Waals surface area contributed by atoms with Gasteiger partial charge in [0, 0.05) is 12.2 Å². The number of ether oxygens (including phenoxy) is 1. The fourth-order valence-corrected chi connectivity index (χ4v) is 3.88. The van der Waals surface area contributed by atoms with Crippen LogP contribution in [0.4, 0.5) is 17.2 Å². The molecule has 4 aromatic rings. The maximum atomic E-state index is 12.0. The lowest BCUT2D eigenvalue weighted by Gasteiger charge is -2.29. The highest BCUT2D eigenvalue weighted by atomic mass is 16.6. The summed E-state index contributed by atoms with van der Waals surface area (Å²) in [7, 11) is 0. The first-order valence-electron chi connectivity index (χ1n) is 9.72. The van der Waals surface area contributed by atoms with Gasteiger partial charge in [-0.2, -0.15) is 4.98 Å². The fourth-order valence-electron chi connectivity index (χ4n) is 3.88. The van der Waals surface area contributed by atoms with E-state index in [1.165, 1.54) is 6.33 Å². The molecule has 0 aliphatic carbocycles. The van der Waals surface area contributed by atoms with Gasteiger partial charge in [0.1, 0.15) is 12.1 Å². The molecule has 0 spiro atoms. The summed E-state index contributed by atoms with van der Waals surface area (Å²) in [6.07, 6.45) is 3.14. The third-order valence-electron chi connectivity index (χ3n) is 5.25. The molecule has 3 aromatic carbocycles. The molecule has 7 nitrogen and oxygen atoms in total. The van der Waals surface area contributed by atoms with Gasteiger partial charge in [0.15, 0.2) is 0 Å². The van der Waals surface area contributed by atoms with Crippen molar-refractivity contribution in [3.63, 3.8) is 0 Å². The van der Waals surface area contributed by atoms with E-state index in [0.717, 1.165) is 34.9 Å². The van der Waals surface area contributed by atoms with Crippen LogP contribution in [-0.4, -0.2) is 21.4 Å². The smallest absolute Gasteiger partial charge is 0.373 e. The second kappa shape index (κ2) is 7.44. The van der Waals surface area contributed by atoms with Crippen LogP contribution in [0.1, 0.15) is 12.0 Å². The molecule has 5 rings (SSSR count). The van der Waals surface area contributed by atoms with Crippen LogP contribution in [0.25, 0.3) is 10.8 Å². The average Bonchev–Trinajstić information content (AvgIpc) is 2.78. The summed E-state index contributed by atoms with van der Waals surface area (Å²) in [4.78, 5) is 21.8. The Labute approximate surface area is 172 Å². The van der Waals surface area contributed by atoms with Crippen LogP contribution < -0.4 is 9.64 Å². The summed E-state index contributed by atoms with van der Waals surface area (Å²) in [5.74, 6) is 0.668. The summed E-state index contributed by atoms with van der Waals surface area (Å²) in [6.45, 7) is 0.643. The van der Waals surface area contributed by atoms with Crippen LogP contribution in [0.5, 0.6) is 11.6 Å². The molecule has 0 amide bonds. The fraction of sp³-hybridized carbons (Fsp3) is 0.130. The number of hydrogen-bond donors (Lipinski definition) is 0. The predicted molar refractivity (Wildman–Crippen MR) is 114 cm³/mol. The number of nitrogens with zero attached hydrogens (tertiary/aromatic N) is 4. The van der Waals surface area contributed by atoms with Crippen molar-refractivity contribution in [2.45, 2.75) is 12.8 Å². The molecule has 1 aliphatic rings. The van der Waals surface area contributed by atoms with Crippen molar-refractivity contribution in [3.05, 3.63) is 88.7 Å². The van der Waals surface area contributed by atoms with Crippen molar-refractivity contribution in [1.82, 2.24) is 9.97 Å². The van der Waals surface area contributed by atoms with E-state index in [1.807, 2.05) is 65.6 Å².